The fourth-order valence-electron chi connectivity index (χ4n) is 4.21. The van der Waals surface area contributed by atoms with E-state index in [9.17, 15) is 9.59 Å². The van der Waals surface area contributed by atoms with Crippen molar-refractivity contribution in [3.05, 3.63) is 63.1 Å². The Kier molecular flexibility index (Phi) is 9.04. The van der Waals surface area contributed by atoms with Crippen LogP contribution in [0.2, 0.25) is 10.0 Å². The number of nitrogens with zero attached hydrogens (tertiary/aromatic N) is 1. The van der Waals surface area contributed by atoms with E-state index in [0.29, 0.717) is 22.2 Å². The third-order valence-electron chi connectivity index (χ3n) is 6.12. The van der Waals surface area contributed by atoms with Crippen molar-refractivity contribution >= 4 is 35.0 Å². The molecule has 1 aliphatic rings. The van der Waals surface area contributed by atoms with E-state index in [2.05, 4.69) is 5.32 Å². The number of amides is 2. The van der Waals surface area contributed by atoms with Gasteiger partial charge in [-0.2, -0.15) is 0 Å². The third kappa shape index (κ3) is 6.87. The highest BCUT2D eigenvalue weighted by Gasteiger charge is 2.31. The highest BCUT2D eigenvalue weighted by atomic mass is 35.5. The molecule has 2 amide bonds. The second-order valence-electron chi connectivity index (χ2n) is 8.74. The maximum absolute atomic E-state index is 13.4. The third-order valence-corrected chi connectivity index (χ3v) is 6.86. The number of rotatable bonds is 9. The molecule has 2 aromatic rings. The highest BCUT2D eigenvalue weighted by Crippen LogP contribution is 2.25. The van der Waals surface area contributed by atoms with Crippen LogP contribution >= 0.6 is 23.2 Å². The summed E-state index contributed by atoms with van der Waals surface area (Å²) < 4.78 is 5.88. The number of carbonyl (C=O) groups excluding carboxylic acids is 2. The van der Waals surface area contributed by atoms with Crippen LogP contribution in [-0.4, -0.2) is 35.4 Å². The van der Waals surface area contributed by atoms with Crippen molar-refractivity contribution < 1.29 is 14.3 Å². The largest absolute Gasteiger partial charge is 0.483 e. The van der Waals surface area contributed by atoms with E-state index in [0.717, 1.165) is 42.4 Å². The van der Waals surface area contributed by atoms with E-state index in [4.69, 9.17) is 27.9 Å². The molecular formula is C26H32Cl2N2O3. The maximum Gasteiger partial charge on any atom is 0.261 e. The first-order valence-corrected chi connectivity index (χ1v) is 12.3. The highest BCUT2D eigenvalue weighted by molar-refractivity contribution is 6.42. The van der Waals surface area contributed by atoms with E-state index in [1.54, 1.807) is 17.0 Å². The maximum atomic E-state index is 13.4. The minimum absolute atomic E-state index is 0.121. The first kappa shape index (κ1) is 25.4. The van der Waals surface area contributed by atoms with Crippen LogP contribution in [0, 0.1) is 13.8 Å². The average Bonchev–Trinajstić information content (AvgIpc) is 3.29. The van der Waals surface area contributed by atoms with Gasteiger partial charge in [0.05, 0.1) is 10.0 Å². The van der Waals surface area contributed by atoms with Gasteiger partial charge < -0.3 is 15.0 Å². The Morgan fingerprint density at radius 2 is 1.82 bits per heavy atom. The Morgan fingerprint density at radius 3 is 2.48 bits per heavy atom. The Morgan fingerprint density at radius 1 is 1.09 bits per heavy atom. The van der Waals surface area contributed by atoms with Crippen molar-refractivity contribution in [3.63, 3.8) is 0 Å². The van der Waals surface area contributed by atoms with Gasteiger partial charge in [0.2, 0.25) is 5.91 Å². The van der Waals surface area contributed by atoms with Crippen LogP contribution in [0.1, 0.15) is 55.7 Å². The normalized spacial score (nSPS) is 14.7. The Hall–Kier alpha value is -2.24. The van der Waals surface area contributed by atoms with Gasteiger partial charge >= 0.3 is 0 Å². The number of nitrogens with one attached hydrogen (secondary N) is 1. The van der Waals surface area contributed by atoms with Gasteiger partial charge in [-0.05, 0) is 68.0 Å². The van der Waals surface area contributed by atoms with E-state index >= 15 is 0 Å². The number of ether oxygens (including phenoxy) is 1. The molecule has 0 spiro atoms. The van der Waals surface area contributed by atoms with Crippen LogP contribution in [0.25, 0.3) is 0 Å². The predicted octanol–water partition coefficient (Wildman–Crippen LogP) is 5.86. The zero-order valence-electron chi connectivity index (χ0n) is 19.5. The van der Waals surface area contributed by atoms with Gasteiger partial charge in [-0.15, -0.1) is 0 Å². The molecule has 0 saturated heterocycles. The lowest BCUT2D eigenvalue weighted by atomic mass is 10.1. The summed E-state index contributed by atoms with van der Waals surface area (Å²) >= 11 is 12.3. The number of benzene rings is 2. The van der Waals surface area contributed by atoms with Gasteiger partial charge in [-0.25, -0.2) is 0 Å². The lowest BCUT2D eigenvalue weighted by molar-refractivity contribution is -0.143. The summed E-state index contributed by atoms with van der Waals surface area (Å²) in [6, 6.07) is 10.7. The lowest BCUT2D eigenvalue weighted by Gasteiger charge is -2.31. The van der Waals surface area contributed by atoms with Gasteiger partial charge in [-0.1, -0.05) is 61.2 Å². The van der Waals surface area contributed by atoms with Crippen molar-refractivity contribution in [2.24, 2.45) is 0 Å². The zero-order chi connectivity index (χ0) is 24.0. The van der Waals surface area contributed by atoms with Gasteiger partial charge in [-0.3, -0.25) is 9.59 Å². The minimum Gasteiger partial charge on any atom is -0.483 e. The molecule has 7 heteroatoms. The molecular weight excluding hydrogens is 459 g/mol. The van der Waals surface area contributed by atoms with Crippen LogP contribution in [0.15, 0.2) is 36.4 Å². The topological polar surface area (TPSA) is 58.6 Å². The predicted molar refractivity (Wildman–Crippen MR) is 133 cm³/mol. The molecule has 5 nitrogen and oxygen atoms in total. The number of halogens is 2. The van der Waals surface area contributed by atoms with E-state index in [1.165, 1.54) is 0 Å². The lowest BCUT2D eigenvalue weighted by Crippen LogP contribution is -2.52. The molecule has 1 fully saturated rings. The van der Waals surface area contributed by atoms with Crippen LogP contribution in [0.4, 0.5) is 0 Å². The van der Waals surface area contributed by atoms with E-state index in [1.807, 2.05) is 45.0 Å². The molecule has 1 saturated carbocycles. The van der Waals surface area contributed by atoms with Crippen molar-refractivity contribution in [2.75, 3.05) is 6.61 Å². The fraction of sp³-hybridized carbons (Fsp3) is 0.462. The summed E-state index contributed by atoms with van der Waals surface area (Å²) in [7, 11) is 0. The number of hydrogen-bond acceptors (Lipinski definition) is 3. The van der Waals surface area contributed by atoms with Crippen molar-refractivity contribution in [3.8, 4) is 5.75 Å². The fourth-order valence-corrected chi connectivity index (χ4v) is 4.53. The standard InChI is InChI=1S/C26H32Cl2N2O3/c1-4-23(26(32)29-20-7-5-6-8-20)30(15-19-11-12-21(27)22(28)14-19)25(31)16-33-24-13-17(2)9-10-18(24)3/h9-14,20,23H,4-8,15-16H2,1-3H3,(H,29,32)/t23-/m0/s1. The summed E-state index contributed by atoms with van der Waals surface area (Å²) in [5.41, 5.74) is 2.81. The molecule has 3 rings (SSSR count). The molecule has 178 valence electrons. The van der Waals surface area contributed by atoms with Crippen molar-refractivity contribution in [1.82, 2.24) is 10.2 Å². The Bertz CT molecular complexity index is 989. The van der Waals surface area contributed by atoms with E-state index in [-0.39, 0.29) is 31.0 Å². The van der Waals surface area contributed by atoms with Gasteiger partial charge in [0.15, 0.2) is 6.61 Å². The molecule has 1 N–H and O–H groups in total. The summed E-state index contributed by atoms with van der Waals surface area (Å²) in [4.78, 5) is 28.1. The van der Waals surface area contributed by atoms with Crippen molar-refractivity contribution in [1.29, 1.82) is 0 Å². The average molecular weight is 491 g/mol. The van der Waals surface area contributed by atoms with Gasteiger partial charge in [0, 0.05) is 12.6 Å². The summed E-state index contributed by atoms with van der Waals surface area (Å²) in [5, 5.41) is 4.00. The molecule has 0 aliphatic heterocycles. The van der Waals surface area contributed by atoms with Gasteiger partial charge in [0.25, 0.3) is 5.91 Å². The number of carbonyl (C=O) groups is 2. The molecule has 0 heterocycles. The Balaban J connectivity index is 1.80. The first-order chi connectivity index (χ1) is 15.8. The van der Waals surface area contributed by atoms with Crippen LogP contribution in [0.5, 0.6) is 5.75 Å². The summed E-state index contributed by atoms with van der Waals surface area (Å²) in [6.45, 7) is 5.92. The van der Waals surface area contributed by atoms with Crippen LogP contribution < -0.4 is 10.1 Å². The van der Waals surface area contributed by atoms with Crippen molar-refractivity contribution in [2.45, 2.75) is 71.5 Å². The molecule has 33 heavy (non-hydrogen) atoms. The van der Waals surface area contributed by atoms with Crippen LogP contribution in [0.3, 0.4) is 0 Å². The second-order valence-corrected chi connectivity index (χ2v) is 9.56. The molecule has 0 bridgehead atoms. The Labute approximate surface area is 206 Å². The number of aryl methyl sites for hydroxylation is 2. The second kappa shape index (κ2) is 11.8. The molecule has 0 unspecified atom stereocenters. The molecule has 0 radical (unpaired) electrons. The molecule has 1 atom stereocenters. The first-order valence-electron chi connectivity index (χ1n) is 11.5. The molecule has 1 aliphatic carbocycles. The summed E-state index contributed by atoms with van der Waals surface area (Å²) in [6.07, 6.45) is 4.71. The monoisotopic (exact) mass is 490 g/mol. The smallest absolute Gasteiger partial charge is 0.261 e. The van der Waals surface area contributed by atoms with Gasteiger partial charge in [0.1, 0.15) is 11.8 Å². The number of hydrogen-bond donors (Lipinski definition) is 1. The molecule has 0 aromatic heterocycles. The SMILES string of the molecule is CC[C@@H](C(=O)NC1CCCC1)N(Cc1ccc(Cl)c(Cl)c1)C(=O)COc1cc(C)ccc1C. The minimum atomic E-state index is -0.602. The van der Waals surface area contributed by atoms with Crippen LogP contribution in [-0.2, 0) is 16.1 Å². The zero-order valence-corrected chi connectivity index (χ0v) is 21.0. The molecule has 2 aromatic carbocycles. The summed E-state index contributed by atoms with van der Waals surface area (Å²) in [5.74, 6) is 0.293. The van der Waals surface area contributed by atoms with E-state index < -0.39 is 6.04 Å². The quantitative estimate of drug-likeness (QED) is 0.479.